The largest absolute Gasteiger partial charge is 0.468 e. The van der Waals surface area contributed by atoms with Crippen molar-refractivity contribution >= 4 is 5.97 Å². The van der Waals surface area contributed by atoms with Crippen molar-refractivity contribution in [3.05, 3.63) is 0 Å². The molecule has 0 amide bonds. The van der Waals surface area contributed by atoms with Gasteiger partial charge in [0.1, 0.15) is 6.04 Å². The lowest BCUT2D eigenvalue weighted by Crippen LogP contribution is -2.31. The van der Waals surface area contributed by atoms with Crippen LogP contribution in [0, 0.1) is 11.3 Å². The zero-order valence-electron chi connectivity index (χ0n) is 7.25. The third-order valence-corrected chi connectivity index (χ3v) is 1.56. The Hall–Kier alpha value is -1.08. The average molecular weight is 170 g/mol. The molecular weight excluding hydrogens is 156 g/mol. The highest BCUT2D eigenvalue weighted by molar-refractivity contribution is 5.75. The number of rotatable bonds is 5. The van der Waals surface area contributed by atoms with E-state index in [-0.39, 0.29) is 5.97 Å². The Morgan fingerprint density at radius 3 is 2.83 bits per heavy atom. The zero-order chi connectivity index (χ0) is 9.40. The van der Waals surface area contributed by atoms with E-state index in [2.05, 4.69) is 4.74 Å². The number of hydrogen-bond donors (Lipinski definition) is 1. The number of nitrogens with zero attached hydrogens (tertiary/aromatic N) is 1. The van der Waals surface area contributed by atoms with Gasteiger partial charge in [-0.2, -0.15) is 5.26 Å². The van der Waals surface area contributed by atoms with Crippen molar-refractivity contribution in [2.24, 2.45) is 5.73 Å². The predicted octanol–water partition coefficient (Wildman–Crippen LogP) is 0.571. The van der Waals surface area contributed by atoms with Gasteiger partial charge in [-0.15, -0.1) is 0 Å². The smallest absolute Gasteiger partial charge is 0.322 e. The fourth-order valence-electron chi connectivity index (χ4n) is 0.838. The lowest BCUT2D eigenvalue weighted by Gasteiger charge is -2.07. The number of nitriles is 1. The van der Waals surface area contributed by atoms with E-state index in [1.165, 1.54) is 7.11 Å². The summed E-state index contributed by atoms with van der Waals surface area (Å²) in [7, 11) is 1.32. The fraction of sp³-hybridized carbons (Fsp3) is 0.750. The molecule has 0 aliphatic carbocycles. The van der Waals surface area contributed by atoms with Crippen LogP contribution < -0.4 is 5.73 Å². The van der Waals surface area contributed by atoms with Crippen molar-refractivity contribution in [1.82, 2.24) is 0 Å². The Kier molecular flexibility index (Phi) is 6.02. The molecule has 4 heteroatoms. The molecule has 0 fully saturated rings. The monoisotopic (exact) mass is 170 g/mol. The molecule has 0 unspecified atom stereocenters. The first-order valence-corrected chi connectivity index (χ1v) is 3.92. The van der Waals surface area contributed by atoms with Crippen LogP contribution in [0.3, 0.4) is 0 Å². The van der Waals surface area contributed by atoms with Crippen LogP contribution in [-0.4, -0.2) is 19.1 Å². The Labute approximate surface area is 72.3 Å². The summed E-state index contributed by atoms with van der Waals surface area (Å²) < 4.78 is 4.44. The summed E-state index contributed by atoms with van der Waals surface area (Å²) in [6, 6.07) is 1.49. The minimum Gasteiger partial charge on any atom is -0.468 e. The molecule has 0 radical (unpaired) electrons. The SMILES string of the molecule is COC(=O)[C@H](N)CCCCC#N. The first-order valence-electron chi connectivity index (χ1n) is 3.92. The number of carbonyl (C=O) groups is 1. The molecule has 0 aromatic rings. The normalized spacial score (nSPS) is 11.8. The molecule has 68 valence electrons. The van der Waals surface area contributed by atoms with E-state index in [4.69, 9.17) is 11.0 Å². The molecule has 0 aliphatic heterocycles. The molecule has 0 heterocycles. The van der Waals surface area contributed by atoms with E-state index >= 15 is 0 Å². The van der Waals surface area contributed by atoms with Gasteiger partial charge in [-0.05, 0) is 12.8 Å². The second-order valence-corrected chi connectivity index (χ2v) is 2.53. The molecule has 0 saturated heterocycles. The molecule has 1 atom stereocenters. The van der Waals surface area contributed by atoms with Gasteiger partial charge < -0.3 is 10.5 Å². The third kappa shape index (κ3) is 4.69. The number of unbranched alkanes of at least 4 members (excludes halogenated alkanes) is 2. The predicted molar refractivity (Wildman–Crippen MR) is 44.1 cm³/mol. The maximum absolute atomic E-state index is 10.8. The highest BCUT2D eigenvalue weighted by Crippen LogP contribution is 2.02. The van der Waals surface area contributed by atoms with Gasteiger partial charge in [0.25, 0.3) is 0 Å². The van der Waals surface area contributed by atoms with Crippen molar-refractivity contribution in [1.29, 1.82) is 5.26 Å². The Balaban J connectivity index is 3.38. The number of ether oxygens (including phenoxy) is 1. The maximum Gasteiger partial charge on any atom is 0.322 e. The molecule has 0 spiro atoms. The fourth-order valence-corrected chi connectivity index (χ4v) is 0.838. The van der Waals surface area contributed by atoms with Crippen LogP contribution >= 0.6 is 0 Å². The first kappa shape index (κ1) is 10.9. The van der Waals surface area contributed by atoms with Crippen LogP contribution in [0.1, 0.15) is 25.7 Å². The van der Waals surface area contributed by atoms with Crippen molar-refractivity contribution < 1.29 is 9.53 Å². The molecule has 12 heavy (non-hydrogen) atoms. The van der Waals surface area contributed by atoms with E-state index < -0.39 is 6.04 Å². The van der Waals surface area contributed by atoms with Crippen LogP contribution in [0.4, 0.5) is 0 Å². The lowest BCUT2D eigenvalue weighted by molar-refractivity contribution is -0.142. The zero-order valence-corrected chi connectivity index (χ0v) is 7.25. The van der Waals surface area contributed by atoms with Crippen molar-refractivity contribution in [2.45, 2.75) is 31.7 Å². The standard InChI is InChI=1S/C8H14N2O2/c1-12-8(11)7(10)5-3-2-4-6-9/h7H,2-5,10H2,1H3/t7-/m1/s1. The lowest BCUT2D eigenvalue weighted by atomic mass is 10.1. The van der Waals surface area contributed by atoms with Gasteiger partial charge in [0.15, 0.2) is 0 Å². The van der Waals surface area contributed by atoms with Crippen molar-refractivity contribution in [2.75, 3.05) is 7.11 Å². The number of esters is 1. The molecule has 0 rings (SSSR count). The molecule has 0 aromatic heterocycles. The number of hydrogen-bond acceptors (Lipinski definition) is 4. The van der Waals surface area contributed by atoms with Crippen molar-refractivity contribution in [3.63, 3.8) is 0 Å². The summed E-state index contributed by atoms with van der Waals surface area (Å²) in [6.45, 7) is 0. The third-order valence-electron chi connectivity index (χ3n) is 1.56. The minimum absolute atomic E-state index is 0.382. The molecule has 0 aromatic carbocycles. The Morgan fingerprint density at radius 1 is 1.67 bits per heavy atom. The molecule has 4 nitrogen and oxygen atoms in total. The highest BCUT2D eigenvalue weighted by Gasteiger charge is 2.11. The van der Waals surface area contributed by atoms with Gasteiger partial charge in [0.2, 0.25) is 0 Å². The summed E-state index contributed by atoms with van der Waals surface area (Å²) in [5, 5.41) is 8.21. The Bertz CT molecular complexity index is 174. The number of methoxy groups -OCH3 is 1. The Morgan fingerprint density at radius 2 is 2.33 bits per heavy atom. The van der Waals surface area contributed by atoms with Crippen LogP contribution in [0.5, 0.6) is 0 Å². The van der Waals surface area contributed by atoms with Crippen LogP contribution in [0.2, 0.25) is 0 Å². The van der Waals surface area contributed by atoms with Crippen LogP contribution in [0.15, 0.2) is 0 Å². The summed E-state index contributed by atoms with van der Waals surface area (Å²) in [5.74, 6) is -0.382. The maximum atomic E-state index is 10.8. The van der Waals surface area contributed by atoms with Crippen molar-refractivity contribution in [3.8, 4) is 6.07 Å². The van der Waals surface area contributed by atoms with Crippen LogP contribution in [0.25, 0.3) is 0 Å². The summed E-state index contributed by atoms with van der Waals surface area (Å²) >= 11 is 0. The second-order valence-electron chi connectivity index (χ2n) is 2.53. The van der Waals surface area contributed by atoms with E-state index in [1.807, 2.05) is 6.07 Å². The number of nitrogens with two attached hydrogens (primary N) is 1. The second kappa shape index (κ2) is 6.62. The summed E-state index contributed by atoms with van der Waals surface area (Å²) in [4.78, 5) is 10.8. The average Bonchev–Trinajstić information content (AvgIpc) is 2.10. The summed E-state index contributed by atoms with van der Waals surface area (Å²) in [6.07, 6.45) is 2.70. The molecule has 0 bridgehead atoms. The molecular formula is C8H14N2O2. The summed E-state index contributed by atoms with van der Waals surface area (Å²) in [5.41, 5.74) is 5.45. The van der Waals surface area contributed by atoms with Gasteiger partial charge in [-0.3, -0.25) is 4.79 Å². The van der Waals surface area contributed by atoms with Gasteiger partial charge in [0.05, 0.1) is 13.2 Å². The number of carbonyl (C=O) groups excluding carboxylic acids is 1. The van der Waals surface area contributed by atoms with Crippen LogP contribution in [-0.2, 0) is 9.53 Å². The van der Waals surface area contributed by atoms with E-state index in [9.17, 15) is 4.79 Å². The highest BCUT2D eigenvalue weighted by atomic mass is 16.5. The molecule has 0 saturated carbocycles. The minimum atomic E-state index is -0.534. The van der Waals surface area contributed by atoms with Gasteiger partial charge in [-0.25, -0.2) is 0 Å². The van der Waals surface area contributed by atoms with E-state index in [1.54, 1.807) is 0 Å². The van der Waals surface area contributed by atoms with Gasteiger partial charge >= 0.3 is 5.97 Å². The first-order chi connectivity index (χ1) is 5.72. The quantitative estimate of drug-likeness (QED) is 0.483. The van der Waals surface area contributed by atoms with Gasteiger partial charge in [-0.1, -0.05) is 6.42 Å². The topological polar surface area (TPSA) is 76.1 Å². The van der Waals surface area contributed by atoms with E-state index in [0.717, 1.165) is 12.8 Å². The molecule has 2 N–H and O–H groups in total. The van der Waals surface area contributed by atoms with E-state index in [0.29, 0.717) is 12.8 Å². The van der Waals surface area contributed by atoms with Gasteiger partial charge in [0, 0.05) is 6.42 Å². The molecule has 0 aliphatic rings.